The molecule has 0 bridgehead atoms. The maximum atomic E-state index is 11.9. The molecule has 1 aliphatic heterocycles. The molecule has 0 aromatic heterocycles. The van der Waals surface area contributed by atoms with E-state index < -0.39 is 5.97 Å². The zero-order valence-corrected chi connectivity index (χ0v) is 10.8. The summed E-state index contributed by atoms with van der Waals surface area (Å²) in [7, 11) is 1.23. The Kier molecular flexibility index (Phi) is 4.88. The lowest BCUT2D eigenvalue weighted by Gasteiger charge is -2.16. The molecule has 0 spiro atoms. The van der Waals surface area contributed by atoms with Crippen LogP contribution < -0.4 is 0 Å². The number of nitrogens with zero attached hydrogens (tertiary/aromatic N) is 2. The molecule has 0 N–H and O–H groups in total. The van der Waals surface area contributed by atoms with Gasteiger partial charge in [-0.15, -0.1) is 0 Å². The molecule has 1 fully saturated rings. The lowest BCUT2D eigenvalue weighted by Crippen LogP contribution is -2.36. The summed E-state index contributed by atoms with van der Waals surface area (Å²) in [6, 6.07) is -0.362. The quantitative estimate of drug-likeness (QED) is 0.399. The summed E-state index contributed by atoms with van der Waals surface area (Å²) in [5.74, 6) is -0.913. The second-order valence-electron chi connectivity index (χ2n) is 4.13. The fourth-order valence-electron chi connectivity index (χ4n) is 1.67. The van der Waals surface area contributed by atoms with Crippen LogP contribution in [0.2, 0.25) is 0 Å². The van der Waals surface area contributed by atoms with Crippen LogP contribution in [0.5, 0.6) is 0 Å². The molecular weight excluding hydrogens is 236 g/mol. The molecule has 100 valence electrons. The zero-order chi connectivity index (χ0) is 13.7. The number of carbonyl (C=O) groups excluding carboxylic acids is 3. The van der Waals surface area contributed by atoms with Crippen LogP contribution in [0.1, 0.15) is 19.8 Å². The summed E-state index contributed by atoms with van der Waals surface area (Å²) in [4.78, 5) is 37.3. The lowest BCUT2D eigenvalue weighted by atomic mass is 10.3. The first-order chi connectivity index (χ1) is 8.51. The summed E-state index contributed by atoms with van der Waals surface area (Å²) < 4.78 is 4.48. The number of hydrogen-bond acceptors (Lipinski definition) is 4. The van der Waals surface area contributed by atoms with E-state index in [1.807, 2.05) is 6.92 Å². The minimum atomic E-state index is -0.609. The van der Waals surface area contributed by atoms with Crippen molar-refractivity contribution in [2.24, 2.45) is 0 Å². The Labute approximate surface area is 106 Å². The first-order valence-electron chi connectivity index (χ1n) is 5.86. The Balaban J connectivity index is 2.62. The van der Waals surface area contributed by atoms with Gasteiger partial charge in [0.25, 0.3) is 5.91 Å². The zero-order valence-electron chi connectivity index (χ0n) is 10.8. The van der Waals surface area contributed by atoms with E-state index >= 15 is 0 Å². The third-order valence-electron chi connectivity index (χ3n) is 2.73. The van der Waals surface area contributed by atoms with Crippen LogP contribution in [0, 0.1) is 0 Å². The average molecular weight is 254 g/mol. The molecule has 18 heavy (non-hydrogen) atoms. The van der Waals surface area contributed by atoms with Crippen molar-refractivity contribution < 1.29 is 19.1 Å². The highest BCUT2D eigenvalue weighted by Gasteiger charge is 2.36. The molecule has 6 heteroatoms. The molecule has 0 aromatic rings. The van der Waals surface area contributed by atoms with Gasteiger partial charge in [0.1, 0.15) is 6.54 Å². The average Bonchev–Trinajstić information content (AvgIpc) is 2.62. The molecule has 0 radical (unpaired) electrons. The number of esters is 1. The molecule has 3 amide bonds. The first-order valence-corrected chi connectivity index (χ1v) is 5.86. The second kappa shape index (κ2) is 6.18. The molecule has 0 aliphatic carbocycles. The van der Waals surface area contributed by atoms with Gasteiger partial charge in [-0.3, -0.25) is 9.69 Å². The number of unbranched alkanes of at least 4 members (excludes halogenated alkanes) is 1. The summed E-state index contributed by atoms with van der Waals surface area (Å²) in [5, 5.41) is 0. The van der Waals surface area contributed by atoms with Gasteiger partial charge in [0, 0.05) is 12.1 Å². The second-order valence-corrected chi connectivity index (χ2v) is 4.13. The summed E-state index contributed by atoms with van der Waals surface area (Å²) in [5.41, 5.74) is 0.0940. The van der Waals surface area contributed by atoms with Gasteiger partial charge in [0.15, 0.2) is 0 Å². The monoisotopic (exact) mass is 254 g/mol. The van der Waals surface area contributed by atoms with Crippen LogP contribution in [-0.2, 0) is 14.3 Å². The minimum absolute atomic E-state index is 0.0767. The number of urea groups is 1. The third kappa shape index (κ3) is 3.09. The van der Waals surface area contributed by atoms with Gasteiger partial charge in [-0.2, -0.15) is 0 Å². The highest BCUT2D eigenvalue weighted by molar-refractivity contribution is 6.03. The Hall–Kier alpha value is -1.85. The smallest absolute Gasteiger partial charge is 0.334 e. The van der Waals surface area contributed by atoms with Crippen LogP contribution >= 0.6 is 0 Å². The Morgan fingerprint density at radius 2 is 2.11 bits per heavy atom. The minimum Gasteiger partial charge on any atom is -0.466 e. The molecule has 1 heterocycles. The van der Waals surface area contributed by atoms with Crippen molar-refractivity contribution in [3.63, 3.8) is 0 Å². The predicted molar refractivity (Wildman–Crippen MR) is 64.7 cm³/mol. The molecule has 1 rings (SSSR count). The first kappa shape index (κ1) is 14.2. The van der Waals surface area contributed by atoms with Crippen molar-refractivity contribution >= 4 is 17.9 Å². The number of ether oxygens (including phenoxy) is 1. The lowest BCUT2D eigenvalue weighted by molar-refractivity contribution is -0.136. The summed E-state index contributed by atoms with van der Waals surface area (Å²) in [6.07, 6.45) is 1.80. The van der Waals surface area contributed by atoms with E-state index in [0.717, 1.165) is 17.7 Å². The van der Waals surface area contributed by atoms with Gasteiger partial charge in [-0.05, 0) is 6.42 Å². The third-order valence-corrected chi connectivity index (χ3v) is 2.73. The normalized spacial score (nSPS) is 15.2. The maximum absolute atomic E-state index is 11.9. The van der Waals surface area contributed by atoms with Crippen molar-refractivity contribution in [2.75, 3.05) is 26.7 Å². The van der Waals surface area contributed by atoms with Crippen molar-refractivity contribution in [2.45, 2.75) is 19.8 Å². The van der Waals surface area contributed by atoms with Crippen LogP contribution in [-0.4, -0.2) is 54.5 Å². The number of methoxy groups -OCH3 is 1. The van der Waals surface area contributed by atoms with Gasteiger partial charge in [-0.1, -0.05) is 19.9 Å². The molecule has 6 nitrogen and oxygen atoms in total. The highest BCUT2D eigenvalue weighted by Crippen LogP contribution is 2.13. The van der Waals surface area contributed by atoms with Crippen molar-refractivity contribution in [3.8, 4) is 0 Å². The van der Waals surface area contributed by atoms with Crippen molar-refractivity contribution in [1.82, 2.24) is 9.80 Å². The molecule has 0 unspecified atom stereocenters. The number of hydrogen-bond donors (Lipinski definition) is 0. The maximum Gasteiger partial charge on any atom is 0.334 e. The van der Waals surface area contributed by atoms with Gasteiger partial charge in [0.05, 0.1) is 13.7 Å². The number of carbonyl (C=O) groups is 3. The van der Waals surface area contributed by atoms with Gasteiger partial charge < -0.3 is 9.64 Å². The van der Waals surface area contributed by atoms with E-state index in [2.05, 4.69) is 11.3 Å². The van der Waals surface area contributed by atoms with E-state index in [-0.39, 0.29) is 30.6 Å². The van der Waals surface area contributed by atoms with Crippen LogP contribution in [0.15, 0.2) is 12.2 Å². The topological polar surface area (TPSA) is 66.9 Å². The fraction of sp³-hybridized carbons (Fsp3) is 0.583. The van der Waals surface area contributed by atoms with Crippen LogP contribution in [0.25, 0.3) is 0 Å². The largest absolute Gasteiger partial charge is 0.466 e. The SMILES string of the molecule is C=C(CN1C(=O)CN(CCCC)C1=O)C(=O)OC. The summed E-state index contributed by atoms with van der Waals surface area (Å²) >= 11 is 0. The highest BCUT2D eigenvalue weighted by atomic mass is 16.5. The van der Waals surface area contributed by atoms with Crippen LogP contribution in [0.4, 0.5) is 4.79 Å². The van der Waals surface area contributed by atoms with E-state index in [4.69, 9.17) is 0 Å². The predicted octanol–water partition coefficient (Wildman–Crippen LogP) is 0.780. The number of imide groups is 1. The van der Waals surface area contributed by atoms with Crippen molar-refractivity contribution in [3.05, 3.63) is 12.2 Å². The van der Waals surface area contributed by atoms with Gasteiger partial charge >= 0.3 is 12.0 Å². The molecule has 0 atom stereocenters. The van der Waals surface area contributed by atoms with Crippen molar-refractivity contribution in [1.29, 1.82) is 0 Å². The van der Waals surface area contributed by atoms with E-state index in [1.165, 1.54) is 12.0 Å². The Morgan fingerprint density at radius 3 is 2.67 bits per heavy atom. The van der Waals surface area contributed by atoms with E-state index in [9.17, 15) is 14.4 Å². The molecule has 0 saturated carbocycles. The van der Waals surface area contributed by atoms with E-state index in [1.54, 1.807) is 0 Å². The molecule has 1 aliphatic rings. The number of rotatable bonds is 6. The number of amides is 3. The molecule has 1 saturated heterocycles. The van der Waals surface area contributed by atoms with Gasteiger partial charge in [0.2, 0.25) is 0 Å². The molecular formula is C12H18N2O4. The molecule has 0 aromatic carbocycles. The summed E-state index contributed by atoms with van der Waals surface area (Å²) in [6.45, 7) is 6.05. The van der Waals surface area contributed by atoms with Crippen LogP contribution in [0.3, 0.4) is 0 Å². The standard InChI is InChI=1S/C12H18N2O4/c1-4-5-6-13-8-10(15)14(12(13)17)7-9(2)11(16)18-3/h2,4-8H2,1,3H3. The van der Waals surface area contributed by atoms with Gasteiger partial charge in [-0.25, -0.2) is 9.59 Å². The fourth-order valence-corrected chi connectivity index (χ4v) is 1.67. The van der Waals surface area contributed by atoms with E-state index in [0.29, 0.717) is 6.54 Å². The Bertz CT molecular complexity index is 378. The Morgan fingerprint density at radius 1 is 1.44 bits per heavy atom.